The second kappa shape index (κ2) is 4.90. The van der Waals surface area contributed by atoms with E-state index in [2.05, 4.69) is 0 Å². The van der Waals surface area contributed by atoms with Crippen molar-refractivity contribution in [3.63, 3.8) is 0 Å². The molecule has 0 saturated carbocycles. The van der Waals surface area contributed by atoms with E-state index >= 15 is 0 Å². The van der Waals surface area contributed by atoms with Gasteiger partial charge in [0.15, 0.2) is 0 Å². The number of hydrogen-bond donors (Lipinski definition) is 1. The Morgan fingerprint density at radius 3 is 2.67 bits per heavy atom. The van der Waals surface area contributed by atoms with Crippen molar-refractivity contribution in [3.8, 4) is 11.1 Å². The Kier molecular flexibility index (Phi) is 3.18. The molecule has 3 nitrogen and oxygen atoms in total. The summed E-state index contributed by atoms with van der Waals surface area (Å²) in [5.74, 6) is -1.44. The molecule has 0 unspecified atom stereocenters. The minimum Gasteiger partial charge on any atom is -0.478 e. The summed E-state index contributed by atoms with van der Waals surface area (Å²) in [7, 11) is 1.78. The van der Waals surface area contributed by atoms with Crippen LogP contribution in [0.25, 0.3) is 22.0 Å². The number of hydrogen-bond acceptors (Lipinski definition) is 1. The van der Waals surface area contributed by atoms with Crippen LogP contribution in [0.1, 0.15) is 10.4 Å². The van der Waals surface area contributed by atoms with Crippen molar-refractivity contribution >= 4 is 28.5 Å². The van der Waals surface area contributed by atoms with Gasteiger partial charge in [-0.2, -0.15) is 0 Å². The number of aromatic carboxylic acids is 1. The molecule has 0 spiro atoms. The third-order valence-corrected chi connectivity index (χ3v) is 3.70. The first-order valence-electron chi connectivity index (χ1n) is 6.25. The molecular weight excluding hydrogens is 293 g/mol. The van der Waals surface area contributed by atoms with E-state index < -0.39 is 11.8 Å². The number of rotatable bonds is 2. The minimum absolute atomic E-state index is 0.198. The lowest BCUT2D eigenvalue weighted by Gasteiger charge is -2.05. The van der Waals surface area contributed by atoms with Gasteiger partial charge in [-0.15, -0.1) is 0 Å². The van der Waals surface area contributed by atoms with Crippen molar-refractivity contribution in [1.29, 1.82) is 0 Å². The number of carboxylic acids is 1. The van der Waals surface area contributed by atoms with Crippen molar-refractivity contribution < 1.29 is 14.3 Å². The molecule has 0 bridgehead atoms. The van der Waals surface area contributed by atoms with Crippen LogP contribution in [0.2, 0.25) is 5.02 Å². The fourth-order valence-corrected chi connectivity index (χ4v) is 2.61. The maximum absolute atomic E-state index is 14.0. The summed E-state index contributed by atoms with van der Waals surface area (Å²) >= 11 is 5.75. The van der Waals surface area contributed by atoms with E-state index in [0.717, 1.165) is 5.52 Å². The zero-order valence-electron chi connectivity index (χ0n) is 11.1. The maximum atomic E-state index is 14.0. The lowest BCUT2D eigenvalue weighted by Crippen LogP contribution is -1.94. The predicted molar refractivity (Wildman–Crippen MR) is 80.3 cm³/mol. The highest BCUT2D eigenvalue weighted by atomic mass is 35.5. The van der Waals surface area contributed by atoms with E-state index in [9.17, 15) is 14.3 Å². The maximum Gasteiger partial charge on any atom is 0.337 e. The number of carbonyl (C=O) groups is 1. The Balaban J connectivity index is 2.25. The van der Waals surface area contributed by atoms with Gasteiger partial charge in [0.25, 0.3) is 0 Å². The fourth-order valence-electron chi connectivity index (χ4n) is 2.45. The highest BCUT2D eigenvalue weighted by Crippen LogP contribution is 2.30. The van der Waals surface area contributed by atoms with Crippen LogP contribution in [0.3, 0.4) is 0 Å². The molecular formula is C16H11ClFNO2. The van der Waals surface area contributed by atoms with Gasteiger partial charge in [-0.1, -0.05) is 17.7 Å². The zero-order valence-corrected chi connectivity index (χ0v) is 11.9. The largest absolute Gasteiger partial charge is 0.478 e. The second-order valence-corrected chi connectivity index (χ2v) is 5.25. The summed E-state index contributed by atoms with van der Waals surface area (Å²) in [5, 5.41) is 10.1. The van der Waals surface area contributed by atoms with E-state index in [1.807, 2.05) is 0 Å². The van der Waals surface area contributed by atoms with Crippen LogP contribution < -0.4 is 0 Å². The van der Waals surface area contributed by atoms with Gasteiger partial charge in [0.1, 0.15) is 5.82 Å². The van der Waals surface area contributed by atoms with E-state index in [1.54, 1.807) is 48.1 Å². The van der Waals surface area contributed by atoms with E-state index in [4.69, 9.17) is 11.6 Å². The molecule has 0 atom stereocenters. The molecule has 0 amide bonds. The molecule has 1 aromatic heterocycles. The summed E-state index contributed by atoms with van der Waals surface area (Å²) in [6.07, 6.45) is 1.55. The van der Waals surface area contributed by atoms with Crippen LogP contribution in [0.4, 0.5) is 4.39 Å². The summed E-state index contributed by atoms with van der Waals surface area (Å²) < 4.78 is 15.7. The van der Waals surface area contributed by atoms with Gasteiger partial charge in [0.2, 0.25) is 0 Å². The minimum atomic E-state index is -1.01. The Labute approximate surface area is 125 Å². The molecule has 2 aromatic carbocycles. The Bertz CT molecular complexity index is 870. The van der Waals surface area contributed by atoms with Crippen LogP contribution in [-0.4, -0.2) is 15.6 Å². The number of fused-ring (bicyclic) bond motifs is 1. The summed E-state index contributed by atoms with van der Waals surface area (Å²) in [6.45, 7) is 0. The number of halogens is 2. The van der Waals surface area contributed by atoms with Crippen LogP contribution in [-0.2, 0) is 7.05 Å². The summed E-state index contributed by atoms with van der Waals surface area (Å²) in [5.41, 5.74) is 1.99. The summed E-state index contributed by atoms with van der Waals surface area (Å²) in [6, 6.07) is 9.66. The average Bonchev–Trinajstić information content (AvgIpc) is 2.76. The number of aromatic nitrogens is 1. The molecule has 1 N–H and O–H groups in total. The van der Waals surface area contributed by atoms with Gasteiger partial charge in [-0.25, -0.2) is 9.18 Å². The normalized spacial score (nSPS) is 11.0. The highest BCUT2D eigenvalue weighted by molar-refractivity contribution is 6.30. The van der Waals surface area contributed by atoms with Gasteiger partial charge in [0.05, 0.1) is 5.56 Å². The average molecular weight is 304 g/mol. The molecule has 5 heteroatoms. The number of aryl methyl sites for hydroxylation is 1. The monoisotopic (exact) mass is 303 g/mol. The van der Waals surface area contributed by atoms with Crippen LogP contribution >= 0.6 is 11.6 Å². The molecule has 0 aliphatic carbocycles. The number of carboxylic acid groups (broad SMARTS) is 1. The number of benzene rings is 2. The summed E-state index contributed by atoms with van der Waals surface area (Å²) in [4.78, 5) is 11.3. The zero-order chi connectivity index (χ0) is 15.1. The van der Waals surface area contributed by atoms with Gasteiger partial charge >= 0.3 is 5.97 Å². The Morgan fingerprint density at radius 1 is 1.24 bits per heavy atom. The first-order valence-corrected chi connectivity index (χ1v) is 6.63. The van der Waals surface area contributed by atoms with Crippen LogP contribution in [0.5, 0.6) is 0 Å². The van der Waals surface area contributed by atoms with Gasteiger partial charge in [0, 0.05) is 34.7 Å². The quantitative estimate of drug-likeness (QED) is 0.765. The third kappa shape index (κ3) is 2.28. The molecule has 106 valence electrons. The third-order valence-electron chi connectivity index (χ3n) is 3.46. The van der Waals surface area contributed by atoms with E-state index in [0.29, 0.717) is 21.5 Å². The van der Waals surface area contributed by atoms with Crippen molar-refractivity contribution in [1.82, 2.24) is 4.57 Å². The second-order valence-electron chi connectivity index (χ2n) is 4.81. The molecule has 3 rings (SSSR count). The van der Waals surface area contributed by atoms with E-state index in [-0.39, 0.29) is 5.56 Å². The molecule has 1 heterocycles. The molecule has 0 saturated heterocycles. The van der Waals surface area contributed by atoms with Crippen molar-refractivity contribution in [3.05, 3.63) is 59.0 Å². The topological polar surface area (TPSA) is 42.2 Å². The molecule has 3 aromatic rings. The lowest BCUT2D eigenvalue weighted by molar-refractivity contribution is 0.0699. The first kappa shape index (κ1) is 13.6. The van der Waals surface area contributed by atoms with Gasteiger partial charge in [-0.3, -0.25) is 0 Å². The highest BCUT2D eigenvalue weighted by Gasteiger charge is 2.14. The van der Waals surface area contributed by atoms with Gasteiger partial charge in [-0.05, 0) is 35.9 Å². The van der Waals surface area contributed by atoms with Crippen LogP contribution in [0.15, 0.2) is 42.6 Å². The lowest BCUT2D eigenvalue weighted by atomic mass is 10.0. The number of nitrogens with zero attached hydrogens (tertiary/aromatic N) is 1. The standard InChI is InChI=1S/C16H11ClFNO2/c1-19-8-13(16(20)21)12-6-9(2-5-15(12)19)11-4-3-10(17)7-14(11)18/h2-8H,1H3,(H,20,21). The Hall–Kier alpha value is -2.33. The SMILES string of the molecule is Cn1cc(C(=O)O)c2cc(-c3ccc(Cl)cc3F)ccc21. The predicted octanol–water partition coefficient (Wildman–Crippen LogP) is 4.34. The molecule has 0 aliphatic heterocycles. The van der Waals surface area contributed by atoms with Crippen molar-refractivity contribution in [2.45, 2.75) is 0 Å². The first-order chi connectivity index (χ1) is 9.97. The van der Waals surface area contributed by atoms with Crippen LogP contribution in [0, 0.1) is 5.82 Å². The van der Waals surface area contributed by atoms with Gasteiger partial charge < -0.3 is 9.67 Å². The smallest absolute Gasteiger partial charge is 0.337 e. The molecule has 0 radical (unpaired) electrons. The molecule has 0 fully saturated rings. The van der Waals surface area contributed by atoms with E-state index in [1.165, 1.54) is 6.07 Å². The molecule has 21 heavy (non-hydrogen) atoms. The Morgan fingerprint density at radius 2 is 2.00 bits per heavy atom. The van der Waals surface area contributed by atoms with Crippen molar-refractivity contribution in [2.24, 2.45) is 7.05 Å². The fraction of sp³-hybridized carbons (Fsp3) is 0.0625. The van der Waals surface area contributed by atoms with Crippen molar-refractivity contribution in [2.75, 3.05) is 0 Å². The molecule has 0 aliphatic rings.